The molecule has 7 heteroatoms. The van der Waals surface area contributed by atoms with E-state index >= 15 is 0 Å². The Bertz CT molecular complexity index is 806. The summed E-state index contributed by atoms with van der Waals surface area (Å²) in [6, 6.07) is 12.4. The first-order valence-electron chi connectivity index (χ1n) is 5.61. The Hall–Kier alpha value is -2.90. The second-order valence-electron chi connectivity index (χ2n) is 3.91. The molecule has 0 N–H and O–H groups in total. The summed E-state index contributed by atoms with van der Waals surface area (Å²) >= 11 is 3.24. The fourth-order valence-corrected chi connectivity index (χ4v) is 2.05. The van der Waals surface area contributed by atoms with Crippen molar-refractivity contribution in [3.05, 3.63) is 62.1 Å². The van der Waals surface area contributed by atoms with Gasteiger partial charge in [0.2, 0.25) is 5.75 Å². The second-order valence-corrected chi connectivity index (χ2v) is 4.76. The van der Waals surface area contributed by atoms with E-state index in [0.717, 1.165) is 6.07 Å². The molecular weight excluding hydrogens is 338 g/mol. The van der Waals surface area contributed by atoms with Crippen molar-refractivity contribution >= 4 is 21.6 Å². The van der Waals surface area contributed by atoms with E-state index in [0.29, 0.717) is 15.8 Å². The minimum absolute atomic E-state index is 0.0180. The van der Waals surface area contributed by atoms with Crippen LogP contribution in [0.3, 0.4) is 0 Å². The topological polar surface area (TPSA) is 99.9 Å². The summed E-state index contributed by atoms with van der Waals surface area (Å²) in [5.74, 6) is 0.353. The van der Waals surface area contributed by atoms with E-state index in [2.05, 4.69) is 15.9 Å². The molecule has 0 atom stereocenters. The third kappa shape index (κ3) is 3.16. The summed E-state index contributed by atoms with van der Waals surface area (Å²) in [7, 11) is 0. The van der Waals surface area contributed by atoms with Crippen molar-refractivity contribution in [2.24, 2.45) is 0 Å². The summed E-state index contributed by atoms with van der Waals surface area (Å²) in [5, 5.41) is 28.6. The lowest BCUT2D eigenvalue weighted by atomic mass is 10.2. The quantitative estimate of drug-likeness (QED) is 0.621. The van der Waals surface area contributed by atoms with Crippen LogP contribution in [0, 0.1) is 32.8 Å². The number of nitriles is 2. The van der Waals surface area contributed by atoms with Crippen molar-refractivity contribution in [1.82, 2.24) is 0 Å². The maximum absolute atomic E-state index is 11.0. The summed E-state index contributed by atoms with van der Waals surface area (Å²) in [4.78, 5) is 10.4. The highest BCUT2D eigenvalue weighted by molar-refractivity contribution is 9.10. The molecule has 6 nitrogen and oxygen atoms in total. The number of halogens is 1. The number of rotatable bonds is 3. The fraction of sp³-hybridized carbons (Fsp3) is 0. The molecule has 0 aromatic heterocycles. The van der Waals surface area contributed by atoms with Crippen LogP contribution in [0.4, 0.5) is 5.69 Å². The van der Waals surface area contributed by atoms with Gasteiger partial charge < -0.3 is 4.74 Å². The van der Waals surface area contributed by atoms with Gasteiger partial charge in [0.1, 0.15) is 5.75 Å². The van der Waals surface area contributed by atoms with E-state index in [1.54, 1.807) is 6.07 Å². The molecule has 2 rings (SSSR count). The highest BCUT2D eigenvalue weighted by Gasteiger charge is 2.17. The van der Waals surface area contributed by atoms with Gasteiger partial charge in [-0.1, -0.05) is 0 Å². The number of hydrogen-bond donors (Lipinski definition) is 0. The number of nitrogens with zero attached hydrogens (tertiary/aromatic N) is 3. The summed E-state index contributed by atoms with van der Waals surface area (Å²) in [6.45, 7) is 0. The first-order valence-corrected chi connectivity index (χ1v) is 6.40. The number of nitro groups is 1. The molecule has 0 amide bonds. The van der Waals surface area contributed by atoms with Crippen LogP contribution in [-0.4, -0.2) is 4.92 Å². The molecule has 0 spiro atoms. The Morgan fingerprint density at radius 3 is 2.14 bits per heavy atom. The normalized spacial score (nSPS) is 9.48. The van der Waals surface area contributed by atoms with Gasteiger partial charge in [0.05, 0.1) is 32.7 Å². The molecule has 21 heavy (non-hydrogen) atoms. The molecule has 2 aromatic carbocycles. The molecule has 0 aliphatic rings. The lowest BCUT2D eigenvalue weighted by Gasteiger charge is -2.08. The molecule has 102 valence electrons. The predicted octanol–water partition coefficient (Wildman–Crippen LogP) is 3.89. The zero-order valence-electron chi connectivity index (χ0n) is 10.4. The maximum atomic E-state index is 11.0. The van der Waals surface area contributed by atoms with Crippen LogP contribution < -0.4 is 4.74 Å². The Balaban J connectivity index is 2.43. The average Bonchev–Trinajstić information content (AvgIpc) is 2.49. The Morgan fingerprint density at radius 2 is 1.62 bits per heavy atom. The largest absolute Gasteiger partial charge is 0.449 e. The van der Waals surface area contributed by atoms with Crippen molar-refractivity contribution in [3.63, 3.8) is 0 Å². The van der Waals surface area contributed by atoms with Crippen molar-refractivity contribution in [3.8, 4) is 23.6 Å². The van der Waals surface area contributed by atoms with Gasteiger partial charge in [-0.25, -0.2) is 0 Å². The molecule has 0 unspecified atom stereocenters. The van der Waals surface area contributed by atoms with Crippen LogP contribution in [0.15, 0.2) is 40.9 Å². The van der Waals surface area contributed by atoms with Crippen molar-refractivity contribution in [1.29, 1.82) is 10.5 Å². The van der Waals surface area contributed by atoms with E-state index in [1.807, 2.05) is 12.1 Å². The number of hydrogen-bond acceptors (Lipinski definition) is 5. The number of nitro benzene ring substituents is 1. The minimum atomic E-state index is -0.617. The molecule has 0 saturated carbocycles. The van der Waals surface area contributed by atoms with Crippen LogP contribution in [0.5, 0.6) is 11.5 Å². The van der Waals surface area contributed by atoms with Crippen LogP contribution in [0.2, 0.25) is 0 Å². The highest BCUT2D eigenvalue weighted by Crippen LogP contribution is 2.35. The molecule has 2 aromatic rings. The Labute approximate surface area is 128 Å². The van der Waals surface area contributed by atoms with Crippen molar-refractivity contribution in [2.45, 2.75) is 0 Å². The van der Waals surface area contributed by atoms with Crippen LogP contribution >= 0.6 is 15.9 Å². The standard InChI is InChI=1S/C14H6BrN3O3/c15-11-5-9(7-16)1-3-13(11)21-14-4-2-10(8-17)6-12(14)18(19)20/h1-6H. The Kier molecular flexibility index (Phi) is 4.17. The first kappa shape index (κ1) is 14.5. The van der Waals surface area contributed by atoms with Gasteiger partial charge in [-0.05, 0) is 46.3 Å². The van der Waals surface area contributed by atoms with E-state index in [4.69, 9.17) is 15.3 Å². The monoisotopic (exact) mass is 343 g/mol. The van der Waals surface area contributed by atoms with Gasteiger partial charge in [0.25, 0.3) is 0 Å². The van der Waals surface area contributed by atoms with Gasteiger partial charge in [-0.2, -0.15) is 10.5 Å². The Morgan fingerprint density at radius 1 is 1.05 bits per heavy atom. The minimum Gasteiger partial charge on any atom is -0.449 e. The molecule has 0 radical (unpaired) electrons. The van der Waals surface area contributed by atoms with Gasteiger partial charge in [0.15, 0.2) is 0 Å². The molecule has 0 aliphatic carbocycles. The lowest BCUT2D eigenvalue weighted by Crippen LogP contribution is -1.95. The lowest BCUT2D eigenvalue weighted by molar-refractivity contribution is -0.385. The van der Waals surface area contributed by atoms with Gasteiger partial charge in [-0.3, -0.25) is 10.1 Å². The number of benzene rings is 2. The zero-order chi connectivity index (χ0) is 15.4. The highest BCUT2D eigenvalue weighted by atomic mass is 79.9. The van der Waals surface area contributed by atoms with Gasteiger partial charge >= 0.3 is 5.69 Å². The van der Waals surface area contributed by atoms with Crippen molar-refractivity contribution in [2.75, 3.05) is 0 Å². The molecular formula is C14H6BrN3O3. The average molecular weight is 344 g/mol. The summed E-state index contributed by atoms with van der Waals surface area (Å²) in [5.41, 5.74) is 0.307. The molecule has 0 heterocycles. The predicted molar refractivity (Wildman–Crippen MR) is 76.7 cm³/mol. The fourth-order valence-electron chi connectivity index (χ4n) is 1.59. The van der Waals surface area contributed by atoms with E-state index < -0.39 is 4.92 Å². The van der Waals surface area contributed by atoms with E-state index in [9.17, 15) is 10.1 Å². The maximum Gasteiger partial charge on any atom is 0.312 e. The van der Waals surface area contributed by atoms with E-state index in [1.165, 1.54) is 24.3 Å². The van der Waals surface area contributed by atoms with Crippen molar-refractivity contribution < 1.29 is 9.66 Å². The smallest absolute Gasteiger partial charge is 0.312 e. The molecule has 0 bridgehead atoms. The summed E-state index contributed by atoms with van der Waals surface area (Å²) < 4.78 is 5.99. The zero-order valence-corrected chi connectivity index (χ0v) is 12.0. The third-order valence-electron chi connectivity index (χ3n) is 2.57. The van der Waals surface area contributed by atoms with Gasteiger partial charge in [-0.15, -0.1) is 0 Å². The molecule has 0 aliphatic heterocycles. The van der Waals surface area contributed by atoms with Crippen LogP contribution in [-0.2, 0) is 0 Å². The molecule has 0 fully saturated rings. The van der Waals surface area contributed by atoms with Crippen LogP contribution in [0.1, 0.15) is 11.1 Å². The van der Waals surface area contributed by atoms with Gasteiger partial charge in [0, 0.05) is 6.07 Å². The first-order chi connectivity index (χ1) is 10.0. The molecule has 0 saturated heterocycles. The summed E-state index contributed by atoms with van der Waals surface area (Å²) in [6.07, 6.45) is 0. The second kappa shape index (κ2) is 6.04. The van der Waals surface area contributed by atoms with E-state index in [-0.39, 0.29) is 17.0 Å². The third-order valence-corrected chi connectivity index (χ3v) is 3.19. The van der Waals surface area contributed by atoms with Crippen LogP contribution in [0.25, 0.3) is 0 Å². The SMILES string of the molecule is N#Cc1ccc(Oc2ccc(C#N)cc2[N+](=O)[O-])c(Br)c1. The number of ether oxygens (including phenoxy) is 1.